The normalized spacial score (nSPS) is 28.5. The Morgan fingerprint density at radius 3 is 2.10 bits per heavy atom. The third-order valence-electron chi connectivity index (χ3n) is 3.40. The summed E-state index contributed by atoms with van der Waals surface area (Å²) in [6, 6.07) is 0. The second-order valence-electron chi connectivity index (χ2n) is 3.76. The molecule has 0 aromatic rings. The van der Waals surface area contributed by atoms with E-state index in [1.807, 2.05) is 0 Å². The van der Waals surface area contributed by atoms with Gasteiger partial charge in [-0.15, -0.1) is 0 Å². The van der Waals surface area contributed by atoms with Gasteiger partial charge in [0.25, 0.3) is 0 Å². The largest absolute Gasteiger partial charge is 0.0654 e. The van der Waals surface area contributed by atoms with Gasteiger partial charge in [0.15, 0.2) is 0 Å². The highest BCUT2D eigenvalue weighted by Gasteiger charge is 2.49. The van der Waals surface area contributed by atoms with Crippen LogP contribution in [0.5, 0.6) is 0 Å². The second-order valence-corrected chi connectivity index (χ2v) is 3.76. The predicted molar refractivity (Wildman–Crippen MR) is 46.0 cm³/mol. The topological polar surface area (TPSA) is 0 Å². The molecular formula is C10H20. The Morgan fingerprint density at radius 2 is 1.80 bits per heavy atom. The van der Waals surface area contributed by atoms with E-state index in [0.717, 1.165) is 11.3 Å². The number of hydrogen-bond acceptors (Lipinski definition) is 0. The minimum atomic E-state index is 0.802. The molecule has 0 bridgehead atoms. The van der Waals surface area contributed by atoms with E-state index in [0.29, 0.717) is 0 Å². The molecule has 0 aromatic heterocycles. The van der Waals surface area contributed by atoms with Gasteiger partial charge in [0.05, 0.1) is 0 Å². The molecule has 1 fully saturated rings. The second kappa shape index (κ2) is 2.94. The van der Waals surface area contributed by atoms with Gasteiger partial charge in [-0.25, -0.2) is 0 Å². The first-order valence-corrected chi connectivity index (χ1v) is 4.79. The van der Waals surface area contributed by atoms with Crippen LogP contribution in [0.3, 0.4) is 0 Å². The molecule has 0 spiro atoms. The molecule has 0 aromatic carbocycles. The van der Waals surface area contributed by atoms with Crippen molar-refractivity contribution in [2.45, 2.75) is 52.9 Å². The third-order valence-corrected chi connectivity index (χ3v) is 3.40. The van der Waals surface area contributed by atoms with Crippen molar-refractivity contribution in [2.75, 3.05) is 0 Å². The van der Waals surface area contributed by atoms with Crippen LogP contribution in [-0.4, -0.2) is 0 Å². The molecule has 0 radical (unpaired) electrons. The van der Waals surface area contributed by atoms with Gasteiger partial charge in [-0.2, -0.15) is 0 Å². The van der Waals surface area contributed by atoms with Crippen molar-refractivity contribution in [2.24, 2.45) is 11.3 Å². The molecule has 0 aliphatic heterocycles. The SMILES string of the molecule is CCCC1CC1(CC)CC. The molecule has 1 aliphatic carbocycles. The van der Waals surface area contributed by atoms with E-state index in [2.05, 4.69) is 20.8 Å². The fourth-order valence-electron chi connectivity index (χ4n) is 2.30. The van der Waals surface area contributed by atoms with E-state index >= 15 is 0 Å². The van der Waals surface area contributed by atoms with Crippen molar-refractivity contribution < 1.29 is 0 Å². The maximum absolute atomic E-state index is 2.35. The van der Waals surface area contributed by atoms with Gasteiger partial charge >= 0.3 is 0 Å². The Balaban J connectivity index is 2.30. The molecule has 1 aliphatic rings. The highest BCUT2D eigenvalue weighted by molar-refractivity contribution is 4.99. The molecule has 1 atom stereocenters. The lowest BCUT2D eigenvalue weighted by Gasteiger charge is -2.10. The summed E-state index contributed by atoms with van der Waals surface area (Å²) in [5.41, 5.74) is 0.802. The minimum absolute atomic E-state index is 0.802. The smallest absolute Gasteiger partial charge is 0.0271 e. The van der Waals surface area contributed by atoms with Crippen LogP contribution in [0.4, 0.5) is 0 Å². The highest BCUT2D eigenvalue weighted by atomic mass is 14.5. The van der Waals surface area contributed by atoms with Gasteiger partial charge in [0, 0.05) is 0 Å². The fraction of sp³-hybridized carbons (Fsp3) is 1.00. The molecule has 0 amide bonds. The lowest BCUT2D eigenvalue weighted by molar-refractivity contribution is 0.408. The molecule has 1 saturated carbocycles. The Hall–Kier alpha value is 0. The van der Waals surface area contributed by atoms with Crippen molar-refractivity contribution in [1.82, 2.24) is 0 Å². The van der Waals surface area contributed by atoms with Gasteiger partial charge in [0.1, 0.15) is 0 Å². The van der Waals surface area contributed by atoms with E-state index in [1.54, 1.807) is 0 Å². The molecule has 0 nitrogen and oxygen atoms in total. The summed E-state index contributed by atoms with van der Waals surface area (Å²) in [5, 5.41) is 0. The third kappa shape index (κ3) is 1.21. The van der Waals surface area contributed by atoms with Crippen molar-refractivity contribution >= 4 is 0 Å². The van der Waals surface area contributed by atoms with E-state index in [-0.39, 0.29) is 0 Å². The van der Waals surface area contributed by atoms with E-state index in [1.165, 1.54) is 32.1 Å². The molecule has 1 rings (SSSR count). The Morgan fingerprint density at radius 1 is 1.20 bits per heavy atom. The first kappa shape index (κ1) is 8.10. The average molecular weight is 140 g/mol. The van der Waals surface area contributed by atoms with Crippen molar-refractivity contribution in [3.05, 3.63) is 0 Å². The molecule has 60 valence electrons. The van der Waals surface area contributed by atoms with Gasteiger partial charge in [-0.1, -0.05) is 46.5 Å². The Kier molecular flexibility index (Phi) is 2.38. The summed E-state index contributed by atoms with van der Waals surface area (Å²) in [7, 11) is 0. The summed E-state index contributed by atoms with van der Waals surface area (Å²) in [6.07, 6.45) is 7.20. The van der Waals surface area contributed by atoms with Crippen molar-refractivity contribution in [1.29, 1.82) is 0 Å². The predicted octanol–water partition coefficient (Wildman–Crippen LogP) is 3.61. The summed E-state index contributed by atoms with van der Waals surface area (Å²) < 4.78 is 0. The Bertz CT molecular complexity index is 101. The molecular weight excluding hydrogens is 120 g/mol. The van der Waals surface area contributed by atoms with Crippen molar-refractivity contribution in [3.63, 3.8) is 0 Å². The van der Waals surface area contributed by atoms with Gasteiger partial charge in [0.2, 0.25) is 0 Å². The van der Waals surface area contributed by atoms with Crippen molar-refractivity contribution in [3.8, 4) is 0 Å². The molecule has 0 heteroatoms. The molecule has 0 heterocycles. The monoisotopic (exact) mass is 140 g/mol. The first-order chi connectivity index (χ1) is 4.79. The van der Waals surface area contributed by atoms with Gasteiger partial charge in [-0.05, 0) is 17.8 Å². The van der Waals surface area contributed by atoms with E-state index in [4.69, 9.17) is 0 Å². The molecule has 0 N–H and O–H groups in total. The average Bonchev–Trinajstić information content (AvgIpc) is 2.65. The summed E-state index contributed by atoms with van der Waals surface area (Å²) in [4.78, 5) is 0. The quantitative estimate of drug-likeness (QED) is 0.559. The zero-order valence-electron chi connectivity index (χ0n) is 7.61. The number of hydrogen-bond donors (Lipinski definition) is 0. The standard InChI is InChI=1S/C10H20/c1-4-7-9-8-10(9,5-2)6-3/h9H,4-8H2,1-3H3. The van der Waals surface area contributed by atoms with Crippen LogP contribution in [0.15, 0.2) is 0 Å². The van der Waals surface area contributed by atoms with Crippen LogP contribution in [-0.2, 0) is 0 Å². The zero-order chi connectivity index (χ0) is 7.61. The van der Waals surface area contributed by atoms with Gasteiger partial charge in [-0.3, -0.25) is 0 Å². The lowest BCUT2D eigenvalue weighted by atomic mass is 9.95. The zero-order valence-corrected chi connectivity index (χ0v) is 7.61. The minimum Gasteiger partial charge on any atom is -0.0654 e. The van der Waals surface area contributed by atoms with Gasteiger partial charge < -0.3 is 0 Å². The van der Waals surface area contributed by atoms with Crippen LogP contribution >= 0.6 is 0 Å². The van der Waals surface area contributed by atoms with Crippen LogP contribution in [0.25, 0.3) is 0 Å². The van der Waals surface area contributed by atoms with E-state index < -0.39 is 0 Å². The maximum atomic E-state index is 2.35. The summed E-state index contributed by atoms with van der Waals surface area (Å²) >= 11 is 0. The number of rotatable bonds is 4. The first-order valence-electron chi connectivity index (χ1n) is 4.79. The molecule has 10 heavy (non-hydrogen) atoms. The lowest BCUT2D eigenvalue weighted by Crippen LogP contribution is -1.99. The van der Waals surface area contributed by atoms with Crippen LogP contribution in [0, 0.1) is 11.3 Å². The van der Waals surface area contributed by atoms with Crippen LogP contribution < -0.4 is 0 Å². The summed E-state index contributed by atoms with van der Waals surface area (Å²) in [5.74, 6) is 1.09. The highest BCUT2D eigenvalue weighted by Crippen LogP contribution is 2.59. The molecule has 1 unspecified atom stereocenters. The fourth-order valence-corrected chi connectivity index (χ4v) is 2.30. The maximum Gasteiger partial charge on any atom is -0.0271 e. The molecule has 0 saturated heterocycles. The van der Waals surface area contributed by atoms with Crippen LogP contribution in [0.1, 0.15) is 52.9 Å². The van der Waals surface area contributed by atoms with E-state index in [9.17, 15) is 0 Å². The Labute approximate surface area is 65.0 Å². The summed E-state index contributed by atoms with van der Waals surface area (Å²) in [6.45, 7) is 6.99. The van der Waals surface area contributed by atoms with Crippen LogP contribution in [0.2, 0.25) is 0 Å².